The maximum atomic E-state index is 12.4. The molecule has 1 N–H and O–H groups in total. The second-order valence-electron chi connectivity index (χ2n) is 5.49. The van der Waals surface area contributed by atoms with Crippen molar-refractivity contribution in [3.63, 3.8) is 0 Å². The summed E-state index contributed by atoms with van der Waals surface area (Å²) >= 11 is 0. The van der Waals surface area contributed by atoms with E-state index in [0.29, 0.717) is 23.5 Å². The third-order valence-corrected chi connectivity index (χ3v) is 3.86. The van der Waals surface area contributed by atoms with Gasteiger partial charge in [-0.05, 0) is 35.0 Å². The molecule has 4 rings (SSSR count). The molecule has 0 radical (unpaired) electrons. The van der Waals surface area contributed by atoms with E-state index in [1.165, 1.54) is 11.0 Å². The molecule has 1 aliphatic heterocycles. The van der Waals surface area contributed by atoms with Crippen LogP contribution in [0.3, 0.4) is 0 Å². The highest BCUT2D eigenvalue weighted by atomic mass is 16.5. The number of anilines is 1. The topological polar surface area (TPSA) is 99.8 Å². The van der Waals surface area contributed by atoms with Gasteiger partial charge in [0.1, 0.15) is 6.33 Å². The number of nitrogens with zero attached hydrogens (tertiary/aromatic N) is 6. The average molecular weight is 325 g/mol. The van der Waals surface area contributed by atoms with Gasteiger partial charge in [-0.1, -0.05) is 6.07 Å². The quantitative estimate of drug-likeness (QED) is 0.770. The Bertz CT molecular complexity index is 837. The molecule has 0 spiro atoms. The first-order chi connectivity index (χ1) is 11.8. The van der Waals surface area contributed by atoms with Gasteiger partial charge in [-0.25, -0.2) is 4.68 Å². The minimum absolute atomic E-state index is 0.216. The Labute approximate surface area is 137 Å². The molecule has 3 heterocycles. The largest absolute Gasteiger partial charge is 0.379 e. The molecule has 1 saturated heterocycles. The van der Waals surface area contributed by atoms with Crippen LogP contribution in [0.5, 0.6) is 0 Å². The molecule has 122 valence electrons. The number of hydrogen-bond acceptors (Lipinski definition) is 6. The zero-order valence-corrected chi connectivity index (χ0v) is 12.7. The van der Waals surface area contributed by atoms with Crippen LogP contribution in [0, 0.1) is 0 Å². The van der Waals surface area contributed by atoms with Crippen molar-refractivity contribution in [2.75, 3.05) is 18.5 Å². The van der Waals surface area contributed by atoms with Crippen molar-refractivity contribution in [1.29, 1.82) is 0 Å². The maximum absolute atomic E-state index is 12.4. The first-order valence-electron chi connectivity index (χ1n) is 7.56. The van der Waals surface area contributed by atoms with Gasteiger partial charge in [-0.15, -0.1) is 5.10 Å². The molecule has 1 atom stereocenters. The summed E-state index contributed by atoms with van der Waals surface area (Å²) < 4.78 is 8.68. The Morgan fingerprint density at radius 2 is 2.33 bits per heavy atom. The third-order valence-electron chi connectivity index (χ3n) is 3.86. The molecule has 9 heteroatoms. The van der Waals surface area contributed by atoms with Crippen molar-refractivity contribution in [2.45, 2.75) is 12.5 Å². The van der Waals surface area contributed by atoms with Crippen LogP contribution in [0.4, 0.5) is 5.69 Å². The van der Waals surface area contributed by atoms with Gasteiger partial charge in [0, 0.05) is 18.4 Å². The fraction of sp³-hybridized carbons (Fsp3) is 0.267. The second kappa shape index (κ2) is 6.20. The number of amides is 1. The van der Waals surface area contributed by atoms with Crippen molar-refractivity contribution in [3.8, 4) is 5.69 Å². The van der Waals surface area contributed by atoms with Gasteiger partial charge in [-0.2, -0.15) is 5.10 Å². The molecule has 0 bridgehead atoms. The fourth-order valence-electron chi connectivity index (χ4n) is 2.61. The molecular formula is C15H15N7O2. The number of benzene rings is 1. The lowest BCUT2D eigenvalue weighted by Crippen LogP contribution is -2.12. The third kappa shape index (κ3) is 2.88. The number of hydrogen-bond donors (Lipinski definition) is 1. The summed E-state index contributed by atoms with van der Waals surface area (Å²) in [6.07, 6.45) is 5.87. The average Bonchev–Trinajstić information content (AvgIpc) is 3.36. The molecule has 2 aromatic heterocycles. The normalized spacial score (nSPS) is 17.1. The lowest BCUT2D eigenvalue weighted by molar-refractivity contribution is 0.102. The summed E-state index contributed by atoms with van der Waals surface area (Å²) in [5, 5.41) is 18.1. The van der Waals surface area contributed by atoms with Crippen LogP contribution < -0.4 is 5.32 Å². The van der Waals surface area contributed by atoms with Crippen molar-refractivity contribution in [1.82, 2.24) is 30.0 Å². The van der Waals surface area contributed by atoms with Crippen molar-refractivity contribution in [3.05, 3.63) is 48.5 Å². The Morgan fingerprint density at radius 1 is 1.38 bits per heavy atom. The van der Waals surface area contributed by atoms with Gasteiger partial charge in [0.25, 0.3) is 5.91 Å². The van der Waals surface area contributed by atoms with E-state index < -0.39 is 0 Å². The van der Waals surface area contributed by atoms with E-state index in [9.17, 15) is 4.79 Å². The molecule has 3 aromatic rings. The van der Waals surface area contributed by atoms with Gasteiger partial charge >= 0.3 is 0 Å². The van der Waals surface area contributed by atoms with Gasteiger partial charge < -0.3 is 10.1 Å². The standard InChI is InChI=1S/C15H15N7O2/c23-15(11-2-1-3-13(6-11)22-10-16-19-20-22)18-12-7-17-21(8-12)14-4-5-24-9-14/h1-3,6-8,10,14H,4-5,9H2,(H,18,23). The van der Waals surface area contributed by atoms with E-state index in [4.69, 9.17) is 4.74 Å². The molecule has 24 heavy (non-hydrogen) atoms. The Hall–Kier alpha value is -3.07. The SMILES string of the molecule is O=C(Nc1cnn(C2CCOC2)c1)c1cccc(-n2cnnn2)c1. The molecule has 0 aliphatic carbocycles. The second-order valence-corrected chi connectivity index (χ2v) is 5.49. The van der Waals surface area contributed by atoms with E-state index in [1.54, 1.807) is 24.4 Å². The number of carbonyl (C=O) groups is 1. The highest BCUT2D eigenvalue weighted by Gasteiger charge is 2.18. The van der Waals surface area contributed by atoms with E-state index in [1.807, 2.05) is 16.9 Å². The van der Waals surface area contributed by atoms with Crippen molar-refractivity contribution < 1.29 is 9.53 Å². The lowest BCUT2D eigenvalue weighted by atomic mass is 10.2. The molecule has 1 amide bonds. The summed E-state index contributed by atoms with van der Waals surface area (Å²) in [6, 6.07) is 7.30. The van der Waals surface area contributed by atoms with Crippen molar-refractivity contribution in [2.24, 2.45) is 0 Å². The van der Waals surface area contributed by atoms with Crippen molar-refractivity contribution >= 4 is 11.6 Å². The zero-order valence-electron chi connectivity index (χ0n) is 12.7. The van der Waals surface area contributed by atoms with Crippen LogP contribution in [0.15, 0.2) is 43.0 Å². The number of carbonyl (C=O) groups excluding carboxylic acids is 1. The fourth-order valence-corrected chi connectivity index (χ4v) is 2.61. The number of aromatic nitrogens is 6. The van der Waals surface area contributed by atoms with Crippen LogP contribution in [-0.4, -0.2) is 49.1 Å². The minimum atomic E-state index is -0.216. The van der Waals surface area contributed by atoms with E-state index in [0.717, 1.165) is 13.0 Å². The highest BCUT2D eigenvalue weighted by Crippen LogP contribution is 2.20. The zero-order chi connectivity index (χ0) is 16.4. The van der Waals surface area contributed by atoms with Gasteiger partial charge in [-0.3, -0.25) is 9.48 Å². The Morgan fingerprint density at radius 3 is 3.12 bits per heavy atom. The molecule has 1 aliphatic rings. The first kappa shape index (κ1) is 14.5. The molecular weight excluding hydrogens is 310 g/mol. The van der Waals surface area contributed by atoms with Crippen LogP contribution >= 0.6 is 0 Å². The van der Waals surface area contributed by atoms with Crippen LogP contribution in [0.2, 0.25) is 0 Å². The van der Waals surface area contributed by atoms with Gasteiger partial charge in [0.2, 0.25) is 0 Å². The summed E-state index contributed by atoms with van der Waals surface area (Å²) in [5.41, 5.74) is 1.88. The molecule has 9 nitrogen and oxygen atoms in total. The maximum Gasteiger partial charge on any atom is 0.255 e. The smallest absolute Gasteiger partial charge is 0.255 e. The summed E-state index contributed by atoms with van der Waals surface area (Å²) in [6.45, 7) is 1.40. The Balaban J connectivity index is 1.49. The number of tetrazole rings is 1. The van der Waals surface area contributed by atoms with E-state index in [-0.39, 0.29) is 11.9 Å². The Kier molecular flexibility index (Phi) is 3.75. The lowest BCUT2D eigenvalue weighted by Gasteiger charge is -2.07. The van der Waals surface area contributed by atoms with Gasteiger partial charge in [0.15, 0.2) is 0 Å². The molecule has 1 aromatic carbocycles. The van der Waals surface area contributed by atoms with Crippen LogP contribution in [0.1, 0.15) is 22.8 Å². The monoisotopic (exact) mass is 325 g/mol. The van der Waals surface area contributed by atoms with E-state index in [2.05, 4.69) is 25.9 Å². The first-order valence-corrected chi connectivity index (χ1v) is 7.56. The summed E-state index contributed by atoms with van der Waals surface area (Å²) in [5.74, 6) is -0.216. The predicted octanol–water partition coefficient (Wildman–Crippen LogP) is 1.07. The summed E-state index contributed by atoms with van der Waals surface area (Å²) in [7, 11) is 0. The molecule has 1 fully saturated rings. The number of nitrogens with one attached hydrogen (secondary N) is 1. The van der Waals surface area contributed by atoms with Crippen LogP contribution in [-0.2, 0) is 4.74 Å². The number of rotatable bonds is 4. The highest BCUT2D eigenvalue weighted by molar-refractivity contribution is 6.04. The van der Waals surface area contributed by atoms with Gasteiger partial charge in [0.05, 0.1) is 30.2 Å². The summed E-state index contributed by atoms with van der Waals surface area (Å²) in [4.78, 5) is 12.4. The van der Waals surface area contributed by atoms with Crippen LogP contribution in [0.25, 0.3) is 5.69 Å². The van der Waals surface area contributed by atoms with E-state index >= 15 is 0 Å². The molecule has 1 unspecified atom stereocenters. The minimum Gasteiger partial charge on any atom is -0.379 e. The predicted molar refractivity (Wildman–Crippen MR) is 83.8 cm³/mol. The number of ether oxygens (including phenoxy) is 1. The molecule has 0 saturated carbocycles.